The summed E-state index contributed by atoms with van der Waals surface area (Å²) in [7, 11) is 0. The monoisotopic (exact) mass is 240 g/mol. The van der Waals surface area contributed by atoms with E-state index >= 15 is 0 Å². The number of esters is 1. The fourth-order valence-corrected chi connectivity index (χ4v) is 2.78. The Balaban J connectivity index is 2.00. The third-order valence-electron chi connectivity index (χ3n) is 3.71. The Labute approximate surface area is 107 Å². The number of fused-ring (bicyclic) bond motifs is 1. The summed E-state index contributed by atoms with van der Waals surface area (Å²) >= 11 is 0. The first kappa shape index (κ1) is 11.3. The van der Waals surface area contributed by atoms with Crippen molar-refractivity contribution in [1.82, 2.24) is 0 Å². The molecule has 1 aliphatic carbocycles. The van der Waals surface area contributed by atoms with Crippen LogP contribution in [0.4, 0.5) is 0 Å². The number of rotatable bonds is 1. The second-order valence-electron chi connectivity index (χ2n) is 5.04. The summed E-state index contributed by atoms with van der Waals surface area (Å²) in [6, 6.07) is 6.06. The largest absolute Gasteiger partial charge is 0.426 e. The van der Waals surface area contributed by atoms with Gasteiger partial charge in [-0.3, -0.25) is 4.79 Å². The van der Waals surface area contributed by atoms with Crippen LogP contribution in [-0.2, 0) is 4.79 Å². The predicted molar refractivity (Wildman–Crippen MR) is 70.6 cm³/mol. The van der Waals surface area contributed by atoms with Crippen molar-refractivity contribution in [3.8, 4) is 5.75 Å². The van der Waals surface area contributed by atoms with Gasteiger partial charge in [0.1, 0.15) is 5.75 Å². The highest BCUT2D eigenvalue weighted by atomic mass is 16.5. The molecule has 0 fully saturated rings. The van der Waals surface area contributed by atoms with Gasteiger partial charge in [0.15, 0.2) is 0 Å². The van der Waals surface area contributed by atoms with Gasteiger partial charge in [0.25, 0.3) is 0 Å². The van der Waals surface area contributed by atoms with E-state index in [9.17, 15) is 4.79 Å². The Morgan fingerprint density at radius 1 is 1.28 bits per heavy atom. The van der Waals surface area contributed by atoms with E-state index in [2.05, 4.69) is 37.3 Å². The lowest BCUT2D eigenvalue weighted by Crippen LogP contribution is -2.25. The van der Waals surface area contributed by atoms with E-state index in [-0.39, 0.29) is 11.9 Å². The summed E-state index contributed by atoms with van der Waals surface area (Å²) in [6.45, 7) is 2.07. The highest BCUT2D eigenvalue weighted by molar-refractivity contribution is 5.76. The highest BCUT2D eigenvalue weighted by Crippen LogP contribution is 2.41. The van der Waals surface area contributed by atoms with Crippen LogP contribution in [-0.4, -0.2) is 5.97 Å². The van der Waals surface area contributed by atoms with Crippen molar-refractivity contribution in [2.75, 3.05) is 0 Å². The molecule has 1 aromatic carbocycles. The lowest BCUT2D eigenvalue weighted by molar-refractivity contribution is -0.136. The fraction of sp³-hybridized carbons (Fsp3) is 0.312. The second kappa shape index (κ2) is 4.45. The third-order valence-corrected chi connectivity index (χ3v) is 3.71. The zero-order valence-electron chi connectivity index (χ0n) is 10.4. The van der Waals surface area contributed by atoms with Gasteiger partial charge < -0.3 is 4.74 Å². The van der Waals surface area contributed by atoms with Crippen LogP contribution in [0.5, 0.6) is 5.75 Å². The molecule has 2 atom stereocenters. The molecule has 0 amide bonds. The smallest absolute Gasteiger partial charge is 0.311 e. The van der Waals surface area contributed by atoms with E-state index in [4.69, 9.17) is 4.74 Å². The quantitative estimate of drug-likeness (QED) is 0.554. The highest BCUT2D eigenvalue weighted by Gasteiger charge is 2.31. The first-order valence-electron chi connectivity index (χ1n) is 6.38. The van der Waals surface area contributed by atoms with E-state index in [0.717, 1.165) is 12.2 Å². The first-order valence-corrected chi connectivity index (χ1v) is 6.38. The van der Waals surface area contributed by atoms with Crippen molar-refractivity contribution < 1.29 is 9.53 Å². The van der Waals surface area contributed by atoms with E-state index in [1.165, 1.54) is 11.1 Å². The fourth-order valence-electron chi connectivity index (χ4n) is 2.78. The number of aryl methyl sites for hydroxylation is 1. The summed E-state index contributed by atoms with van der Waals surface area (Å²) in [5, 5.41) is 0. The van der Waals surface area contributed by atoms with Crippen molar-refractivity contribution in [3.63, 3.8) is 0 Å². The second-order valence-corrected chi connectivity index (χ2v) is 5.04. The zero-order valence-corrected chi connectivity index (χ0v) is 10.4. The minimum Gasteiger partial charge on any atom is -0.426 e. The molecule has 1 aromatic rings. The SMILES string of the molecule is Cc1ccc2c(c1)[C@@H](C1C=CC=CC1)CC(=O)O2. The molecule has 2 aliphatic rings. The van der Waals surface area contributed by atoms with Gasteiger partial charge in [-0.2, -0.15) is 0 Å². The van der Waals surface area contributed by atoms with Gasteiger partial charge in [-0.1, -0.05) is 42.0 Å². The summed E-state index contributed by atoms with van der Waals surface area (Å²) in [5.41, 5.74) is 2.39. The molecule has 1 unspecified atom stereocenters. The third kappa shape index (κ3) is 1.99. The standard InChI is InChI=1S/C16H16O2/c1-11-7-8-15-14(9-11)13(10-16(17)18-15)12-5-3-2-4-6-12/h2-5,7-9,12-13H,6,10H2,1H3/t12?,13-/m1/s1. The van der Waals surface area contributed by atoms with Crippen molar-refractivity contribution >= 4 is 5.97 Å². The van der Waals surface area contributed by atoms with Crippen molar-refractivity contribution in [1.29, 1.82) is 0 Å². The molecular formula is C16H16O2. The van der Waals surface area contributed by atoms with Gasteiger partial charge in [-0.15, -0.1) is 0 Å². The summed E-state index contributed by atoms with van der Waals surface area (Å²) in [5.74, 6) is 1.29. The molecule has 1 aliphatic heterocycles. The Hall–Kier alpha value is -1.83. The average molecular weight is 240 g/mol. The van der Waals surface area contributed by atoms with Crippen molar-refractivity contribution in [2.24, 2.45) is 5.92 Å². The molecule has 2 nitrogen and oxygen atoms in total. The molecule has 0 saturated carbocycles. The molecule has 18 heavy (non-hydrogen) atoms. The number of hydrogen-bond donors (Lipinski definition) is 0. The summed E-state index contributed by atoms with van der Waals surface area (Å²) in [4.78, 5) is 11.7. The first-order chi connectivity index (χ1) is 8.74. The number of hydrogen-bond acceptors (Lipinski definition) is 2. The molecule has 0 radical (unpaired) electrons. The maximum Gasteiger partial charge on any atom is 0.311 e. The Morgan fingerprint density at radius 3 is 2.94 bits per heavy atom. The molecule has 2 heteroatoms. The van der Waals surface area contributed by atoms with Crippen molar-refractivity contribution in [2.45, 2.75) is 25.7 Å². The Bertz CT molecular complexity index is 540. The van der Waals surface area contributed by atoms with Crippen LogP contribution in [0.3, 0.4) is 0 Å². The van der Waals surface area contributed by atoms with Crippen molar-refractivity contribution in [3.05, 3.63) is 53.6 Å². The van der Waals surface area contributed by atoms with E-state index in [1.54, 1.807) is 0 Å². The normalized spacial score (nSPS) is 25.7. The summed E-state index contributed by atoms with van der Waals surface area (Å²) < 4.78 is 5.33. The van der Waals surface area contributed by atoms with Gasteiger partial charge in [-0.05, 0) is 30.9 Å². The molecule has 0 saturated heterocycles. The number of carbonyl (C=O) groups is 1. The zero-order chi connectivity index (χ0) is 12.5. The van der Waals surface area contributed by atoms with Crippen LogP contribution in [0.25, 0.3) is 0 Å². The molecule has 92 valence electrons. The lowest BCUT2D eigenvalue weighted by Gasteiger charge is -2.30. The van der Waals surface area contributed by atoms with E-state index in [0.29, 0.717) is 12.3 Å². The van der Waals surface area contributed by atoms with Crippen LogP contribution in [0.1, 0.15) is 29.9 Å². The molecule has 1 heterocycles. The van der Waals surface area contributed by atoms with E-state index in [1.807, 2.05) is 12.1 Å². The van der Waals surface area contributed by atoms with Crippen LogP contribution < -0.4 is 4.74 Å². The van der Waals surface area contributed by atoms with Gasteiger partial charge in [-0.25, -0.2) is 0 Å². The predicted octanol–water partition coefficient (Wildman–Crippen LogP) is 3.52. The molecule has 0 aromatic heterocycles. The van der Waals surface area contributed by atoms with Gasteiger partial charge in [0.05, 0.1) is 6.42 Å². The molecule has 0 N–H and O–H groups in total. The Morgan fingerprint density at radius 2 is 2.17 bits per heavy atom. The Kier molecular flexibility index (Phi) is 2.78. The van der Waals surface area contributed by atoms with Crippen LogP contribution in [0.2, 0.25) is 0 Å². The number of ether oxygens (including phenoxy) is 1. The maximum absolute atomic E-state index is 11.7. The molecule has 0 bridgehead atoms. The topological polar surface area (TPSA) is 26.3 Å². The summed E-state index contributed by atoms with van der Waals surface area (Å²) in [6.07, 6.45) is 10.00. The number of benzene rings is 1. The average Bonchev–Trinajstić information content (AvgIpc) is 2.39. The lowest BCUT2D eigenvalue weighted by atomic mass is 9.78. The number of carbonyl (C=O) groups excluding carboxylic acids is 1. The van der Waals surface area contributed by atoms with Crippen LogP contribution in [0.15, 0.2) is 42.5 Å². The molecular weight excluding hydrogens is 224 g/mol. The van der Waals surface area contributed by atoms with Gasteiger partial charge >= 0.3 is 5.97 Å². The maximum atomic E-state index is 11.7. The number of allylic oxidation sites excluding steroid dienone is 4. The van der Waals surface area contributed by atoms with Gasteiger partial charge in [0, 0.05) is 5.92 Å². The molecule has 3 rings (SSSR count). The minimum absolute atomic E-state index is 0.112. The minimum atomic E-state index is -0.112. The van der Waals surface area contributed by atoms with E-state index < -0.39 is 0 Å². The van der Waals surface area contributed by atoms with Crippen LogP contribution in [0, 0.1) is 12.8 Å². The molecule has 0 spiro atoms. The van der Waals surface area contributed by atoms with Gasteiger partial charge in [0.2, 0.25) is 0 Å². The van der Waals surface area contributed by atoms with Crippen LogP contribution >= 0.6 is 0 Å².